The van der Waals surface area contributed by atoms with Crippen LogP contribution in [-0.2, 0) is 10.8 Å². The lowest BCUT2D eigenvalue weighted by molar-refractivity contribution is -0.389. The minimum absolute atomic E-state index is 0.00846. The predicted molar refractivity (Wildman–Crippen MR) is 69.6 cm³/mol. The van der Waals surface area contributed by atoms with Crippen LogP contribution >= 0.6 is 11.3 Å². The normalized spacial score (nSPS) is 23.6. The van der Waals surface area contributed by atoms with Crippen LogP contribution in [0.15, 0.2) is 11.6 Å². The fraction of sp³-hybridized carbons (Fsp3) is 0.444. The van der Waals surface area contributed by atoms with Crippen LogP contribution in [0.4, 0.5) is 11.6 Å². The molecule has 1 fully saturated rings. The maximum atomic E-state index is 11.3. The molecule has 0 spiro atoms. The van der Waals surface area contributed by atoms with Crippen molar-refractivity contribution in [2.24, 2.45) is 0 Å². The maximum absolute atomic E-state index is 11.3. The minimum atomic E-state index is -0.816. The fourth-order valence-corrected chi connectivity index (χ4v) is 4.14. The van der Waals surface area contributed by atoms with Gasteiger partial charge < -0.3 is 15.4 Å². The second kappa shape index (κ2) is 4.32. The Morgan fingerprint density at radius 2 is 2.50 bits per heavy atom. The molecule has 1 saturated heterocycles. The van der Waals surface area contributed by atoms with E-state index in [0.29, 0.717) is 16.5 Å². The Kier molecular flexibility index (Phi) is 2.78. The third kappa shape index (κ3) is 1.89. The summed E-state index contributed by atoms with van der Waals surface area (Å²) in [5, 5.41) is 15.9. The van der Waals surface area contributed by atoms with E-state index in [0.717, 1.165) is 6.42 Å². The lowest BCUT2D eigenvalue weighted by Gasteiger charge is -2.08. The molecule has 0 radical (unpaired) electrons. The highest BCUT2D eigenvalue weighted by Gasteiger charge is 2.28. The Balaban J connectivity index is 1.95. The van der Waals surface area contributed by atoms with E-state index in [2.05, 4.69) is 10.3 Å². The first-order chi connectivity index (χ1) is 8.65. The van der Waals surface area contributed by atoms with Crippen LogP contribution in [0.25, 0.3) is 4.96 Å². The molecule has 96 valence electrons. The number of thiazole rings is 1. The van der Waals surface area contributed by atoms with Crippen molar-refractivity contribution in [3.05, 3.63) is 21.7 Å². The molecule has 7 nitrogen and oxygen atoms in total. The van der Waals surface area contributed by atoms with E-state index < -0.39 is 15.7 Å². The van der Waals surface area contributed by atoms with Crippen molar-refractivity contribution >= 4 is 38.7 Å². The van der Waals surface area contributed by atoms with E-state index in [-0.39, 0.29) is 17.7 Å². The Morgan fingerprint density at radius 3 is 3.17 bits per heavy atom. The molecule has 1 aliphatic heterocycles. The van der Waals surface area contributed by atoms with E-state index in [1.165, 1.54) is 15.7 Å². The van der Waals surface area contributed by atoms with Crippen molar-refractivity contribution in [1.82, 2.24) is 9.38 Å². The van der Waals surface area contributed by atoms with Crippen LogP contribution in [0.5, 0.6) is 0 Å². The van der Waals surface area contributed by atoms with Crippen molar-refractivity contribution in [3.8, 4) is 0 Å². The van der Waals surface area contributed by atoms with Crippen molar-refractivity contribution in [2.45, 2.75) is 12.5 Å². The van der Waals surface area contributed by atoms with Crippen LogP contribution in [0, 0.1) is 10.1 Å². The second-order valence-corrected chi connectivity index (χ2v) is 6.53. The van der Waals surface area contributed by atoms with Gasteiger partial charge in [-0.1, -0.05) is 11.3 Å². The Labute approximate surface area is 108 Å². The Morgan fingerprint density at radius 1 is 1.67 bits per heavy atom. The molecular formula is C9H10N4O3S2. The summed E-state index contributed by atoms with van der Waals surface area (Å²) in [6, 6.07) is 0.00846. The molecule has 2 aromatic heterocycles. The predicted octanol–water partition coefficient (Wildman–Crippen LogP) is 1.24. The van der Waals surface area contributed by atoms with Crippen LogP contribution < -0.4 is 5.32 Å². The van der Waals surface area contributed by atoms with Gasteiger partial charge in [0.2, 0.25) is 5.82 Å². The first kappa shape index (κ1) is 11.6. The standard InChI is InChI=1S/C9H10N4O3S2/c14-13(15)8-7(10-6-1-4-18(16)5-6)11-9-12(8)2-3-17-9/h2-3,6,10H,1,4-5H2/t6-,18+/m0/s1. The molecule has 9 heteroatoms. The molecule has 2 atom stereocenters. The number of nitrogens with one attached hydrogen (secondary N) is 1. The van der Waals surface area contributed by atoms with Gasteiger partial charge in [0.15, 0.2) is 0 Å². The summed E-state index contributed by atoms with van der Waals surface area (Å²) in [5.41, 5.74) is 0. The lowest BCUT2D eigenvalue weighted by Crippen LogP contribution is -2.20. The summed E-state index contributed by atoms with van der Waals surface area (Å²) >= 11 is 1.35. The summed E-state index contributed by atoms with van der Waals surface area (Å²) in [5.74, 6) is 1.40. The average molecular weight is 286 g/mol. The number of rotatable bonds is 3. The molecule has 1 aliphatic rings. The van der Waals surface area contributed by atoms with E-state index in [1.54, 1.807) is 11.6 Å². The molecule has 0 unspecified atom stereocenters. The molecule has 3 rings (SSSR count). The van der Waals surface area contributed by atoms with Crippen LogP contribution in [0.3, 0.4) is 0 Å². The molecular weight excluding hydrogens is 276 g/mol. The van der Waals surface area contributed by atoms with E-state index >= 15 is 0 Å². The van der Waals surface area contributed by atoms with E-state index in [1.807, 2.05) is 0 Å². The number of hydrogen-bond acceptors (Lipinski definition) is 6. The monoisotopic (exact) mass is 286 g/mol. The maximum Gasteiger partial charge on any atom is 0.372 e. The number of fused-ring (bicyclic) bond motifs is 1. The zero-order valence-electron chi connectivity index (χ0n) is 9.24. The molecule has 0 bridgehead atoms. The number of nitro groups is 1. The zero-order chi connectivity index (χ0) is 12.7. The van der Waals surface area contributed by atoms with E-state index in [4.69, 9.17) is 0 Å². The third-order valence-corrected chi connectivity index (χ3v) is 5.05. The second-order valence-electron chi connectivity index (χ2n) is 4.04. The lowest BCUT2D eigenvalue weighted by atomic mass is 10.3. The molecule has 3 heterocycles. The molecule has 2 aromatic rings. The van der Waals surface area contributed by atoms with Crippen molar-refractivity contribution in [3.63, 3.8) is 0 Å². The van der Waals surface area contributed by atoms with Crippen LogP contribution in [0.1, 0.15) is 6.42 Å². The summed E-state index contributed by atoms with van der Waals surface area (Å²) in [4.78, 5) is 15.4. The number of nitrogens with zero attached hydrogens (tertiary/aromatic N) is 3. The highest BCUT2D eigenvalue weighted by atomic mass is 32.2. The van der Waals surface area contributed by atoms with Gasteiger partial charge in [-0.25, -0.2) is 0 Å². The van der Waals surface area contributed by atoms with Gasteiger partial charge in [0, 0.05) is 33.7 Å². The number of aromatic nitrogens is 2. The Hall–Kier alpha value is -1.48. The van der Waals surface area contributed by atoms with Gasteiger partial charge in [0.1, 0.15) is 6.20 Å². The van der Waals surface area contributed by atoms with Crippen LogP contribution in [0.2, 0.25) is 0 Å². The summed E-state index contributed by atoms with van der Waals surface area (Å²) in [7, 11) is -0.816. The van der Waals surface area contributed by atoms with Crippen molar-refractivity contribution in [2.75, 3.05) is 16.8 Å². The number of hydrogen-bond donors (Lipinski definition) is 1. The minimum Gasteiger partial charge on any atom is -0.359 e. The third-order valence-electron chi connectivity index (χ3n) is 2.83. The molecule has 18 heavy (non-hydrogen) atoms. The molecule has 0 aromatic carbocycles. The highest BCUT2D eigenvalue weighted by molar-refractivity contribution is 7.85. The highest BCUT2D eigenvalue weighted by Crippen LogP contribution is 2.29. The molecule has 0 aliphatic carbocycles. The Bertz CT molecular complexity index is 635. The van der Waals surface area contributed by atoms with Crippen molar-refractivity contribution in [1.29, 1.82) is 0 Å². The summed E-state index contributed by atoms with van der Waals surface area (Å²) in [6.45, 7) is 0. The van der Waals surface area contributed by atoms with Crippen molar-refractivity contribution < 1.29 is 9.13 Å². The molecule has 0 amide bonds. The van der Waals surface area contributed by atoms with Gasteiger partial charge in [0.05, 0.1) is 0 Å². The largest absolute Gasteiger partial charge is 0.372 e. The topological polar surface area (TPSA) is 89.5 Å². The quantitative estimate of drug-likeness (QED) is 0.677. The van der Waals surface area contributed by atoms with Gasteiger partial charge in [-0.2, -0.15) is 9.38 Å². The average Bonchev–Trinajstić information content (AvgIpc) is 2.93. The van der Waals surface area contributed by atoms with Gasteiger partial charge in [-0.05, 0) is 11.3 Å². The first-order valence-electron chi connectivity index (χ1n) is 5.36. The molecule has 1 N–H and O–H groups in total. The van der Waals surface area contributed by atoms with Gasteiger partial charge in [0.25, 0.3) is 4.96 Å². The SMILES string of the molecule is O=[N+]([O-])c1c(N[C@H]2CC[S@@](=O)C2)nc2sccn12. The summed E-state index contributed by atoms with van der Waals surface area (Å²) < 4.78 is 12.8. The smallest absolute Gasteiger partial charge is 0.359 e. The number of imidazole rings is 1. The zero-order valence-corrected chi connectivity index (χ0v) is 10.9. The fourth-order valence-electron chi connectivity index (χ4n) is 2.02. The first-order valence-corrected chi connectivity index (χ1v) is 7.73. The summed E-state index contributed by atoms with van der Waals surface area (Å²) in [6.07, 6.45) is 2.39. The number of anilines is 1. The van der Waals surface area contributed by atoms with Gasteiger partial charge in [-0.3, -0.25) is 4.21 Å². The van der Waals surface area contributed by atoms with Gasteiger partial charge in [-0.15, -0.1) is 0 Å². The van der Waals surface area contributed by atoms with Crippen LogP contribution in [-0.4, -0.2) is 36.1 Å². The van der Waals surface area contributed by atoms with E-state index in [9.17, 15) is 14.3 Å². The van der Waals surface area contributed by atoms with Gasteiger partial charge >= 0.3 is 5.82 Å². The molecule has 0 saturated carbocycles.